The Morgan fingerprint density at radius 1 is 1.00 bits per heavy atom. The first-order valence-corrected chi connectivity index (χ1v) is 6.45. The van der Waals surface area contributed by atoms with Crippen LogP contribution in [-0.2, 0) is 23.7 Å². The third kappa shape index (κ3) is 2.19. The van der Waals surface area contributed by atoms with Crippen LogP contribution in [0.5, 0.6) is 0 Å². The minimum Gasteiger partial charge on any atom is -0.371 e. The predicted molar refractivity (Wildman–Crippen MR) is 62.7 cm³/mol. The second-order valence-electron chi connectivity index (χ2n) is 6.24. The second kappa shape index (κ2) is 3.88. The van der Waals surface area contributed by atoms with Gasteiger partial charge in [-0.2, -0.15) is 0 Å². The van der Waals surface area contributed by atoms with Crippen LogP contribution in [0.2, 0.25) is 0 Å². The summed E-state index contributed by atoms with van der Waals surface area (Å²) in [4.78, 5) is 0. The maximum absolute atomic E-state index is 10.5. The molecule has 19 heavy (non-hydrogen) atoms. The number of hydrogen-bond donors (Lipinski definition) is 2. The number of nitrogens with two attached hydrogens (primary N) is 1. The van der Waals surface area contributed by atoms with Crippen LogP contribution in [0.1, 0.15) is 27.7 Å². The lowest BCUT2D eigenvalue weighted by Gasteiger charge is -2.32. The van der Waals surface area contributed by atoms with Crippen LogP contribution >= 0.6 is 0 Å². The molecule has 3 aliphatic rings. The SMILES string of the molecule is CC1(C)OC[C@H]([C@H]2OC3OC(C)(C)O[C@@H]3[C@@]2(N)O)O1. The van der Waals surface area contributed by atoms with Gasteiger partial charge in [0.15, 0.2) is 29.7 Å². The smallest absolute Gasteiger partial charge is 0.192 e. The van der Waals surface area contributed by atoms with Gasteiger partial charge < -0.3 is 28.8 Å². The van der Waals surface area contributed by atoms with E-state index in [-0.39, 0.29) is 0 Å². The normalized spacial score (nSPS) is 51.5. The van der Waals surface area contributed by atoms with Crippen LogP contribution in [0.25, 0.3) is 0 Å². The fourth-order valence-electron chi connectivity index (χ4n) is 2.81. The minimum absolute atomic E-state index is 0.306. The third-order valence-electron chi connectivity index (χ3n) is 3.62. The van der Waals surface area contributed by atoms with Crippen molar-refractivity contribution in [2.75, 3.05) is 6.61 Å². The lowest BCUT2D eigenvalue weighted by Crippen LogP contribution is -2.60. The zero-order valence-electron chi connectivity index (χ0n) is 11.6. The van der Waals surface area contributed by atoms with Crippen LogP contribution in [0.4, 0.5) is 0 Å². The van der Waals surface area contributed by atoms with Crippen molar-refractivity contribution in [3.05, 3.63) is 0 Å². The number of hydrogen-bond acceptors (Lipinski definition) is 7. The van der Waals surface area contributed by atoms with Crippen molar-refractivity contribution in [1.82, 2.24) is 0 Å². The molecule has 3 heterocycles. The largest absolute Gasteiger partial charge is 0.371 e. The van der Waals surface area contributed by atoms with E-state index in [0.717, 1.165) is 0 Å². The monoisotopic (exact) mass is 275 g/mol. The maximum atomic E-state index is 10.5. The predicted octanol–water partition coefficient (Wildman–Crippen LogP) is -0.338. The molecule has 1 unspecified atom stereocenters. The van der Waals surface area contributed by atoms with Crippen LogP contribution < -0.4 is 5.73 Å². The van der Waals surface area contributed by atoms with Gasteiger partial charge in [-0.25, -0.2) is 0 Å². The number of ether oxygens (including phenoxy) is 5. The summed E-state index contributed by atoms with van der Waals surface area (Å²) >= 11 is 0. The van der Waals surface area contributed by atoms with Gasteiger partial charge in [-0.1, -0.05) is 0 Å². The van der Waals surface area contributed by atoms with Crippen molar-refractivity contribution in [3.63, 3.8) is 0 Å². The first kappa shape index (κ1) is 13.7. The van der Waals surface area contributed by atoms with Gasteiger partial charge in [0.1, 0.15) is 12.2 Å². The molecule has 0 radical (unpaired) electrons. The molecule has 3 fully saturated rings. The topological polar surface area (TPSA) is 92.4 Å². The lowest BCUT2D eigenvalue weighted by atomic mass is 9.99. The van der Waals surface area contributed by atoms with E-state index in [1.807, 2.05) is 0 Å². The van der Waals surface area contributed by atoms with E-state index in [9.17, 15) is 5.11 Å². The molecule has 7 heteroatoms. The van der Waals surface area contributed by atoms with Gasteiger partial charge in [-0.05, 0) is 27.7 Å². The molecular weight excluding hydrogens is 254 g/mol. The number of fused-ring (bicyclic) bond motifs is 1. The summed E-state index contributed by atoms with van der Waals surface area (Å²) in [5, 5.41) is 10.5. The minimum atomic E-state index is -1.67. The Hall–Kier alpha value is -0.280. The van der Waals surface area contributed by atoms with Crippen molar-refractivity contribution in [1.29, 1.82) is 0 Å². The molecule has 0 aliphatic carbocycles. The maximum Gasteiger partial charge on any atom is 0.192 e. The highest BCUT2D eigenvalue weighted by molar-refractivity contribution is 5.05. The molecule has 0 aromatic heterocycles. The molecule has 0 spiro atoms. The Morgan fingerprint density at radius 2 is 1.68 bits per heavy atom. The summed E-state index contributed by atoms with van der Waals surface area (Å²) in [7, 11) is 0. The van der Waals surface area contributed by atoms with Crippen molar-refractivity contribution in [3.8, 4) is 0 Å². The van der Waals surface area contributed by atoms with E-state index in [0.29, 0.717) is 6.61 Å². The summed E-state index contributed by atoms with van der Waals surface area (Å²) in [5.74, 6) is -1.53. The van der Waals surface area contributed by atoms with Crippen LogP contribution in [0.15, 0.2) is 0 Å². The summed E-state index contributed by atoms with van der Waals surface area (Å²) in [6.07, 6.45) is -2.63. The van der Waals surface area contributed by atoms with Gasteiger partial charge in [0.25, 0.3) is 0 Å². The molecule has 0 saturated carbocycles. The van der Waals surface area contributed by atoms with E-state index in [1.54, 1.807) is 27.7 Å². The van der Waals surface area contributed by atoms with E-state index in [4.69, 9.17) is 29.4 Å². The van der Waals surface area contributed by atoms with Crippen molar-refractivity contribution in [2.24, 2.45) is 5.73 Å². The molecule has 0 aromatic rings. The molecule has 110 valence electrons. The Labute approximate surface area is 111 Å². The van der Waals surface area contributed by atoms with E-state index in [2.05, 4.69) is 0 Å². The highest BCUT2D eigenvalue weighted by Gasteiger charge is 2.64. The Kier molecular flexibility index (Phi) is 2.80. The third-order valence-corrected chi connectivity index (χ3v) is 3.62. The van der Waals surface area contributed by atoms with Crippen molar-refractivity contribution >= 4 is 0 Å². The average molecular weight is 275 g/mol. The highest BCUT2D eigenvalue weighted by Crippen LogP contribution is 2.43. The van der Waals surface area contributed by atoms with Gasteiger partial charge in [-0.15, -0.1) is 0 Å². The fraction of sp³-hybridized carbons (Fsp3) is 1.00. The van der Waals surface area contributed by atoms with Gasteiger partial charge in [-0.3, -0.25) is 5.73 Å². The first-order chi connectivity index (χ1) is 8.61. The van der Waals surface area contributed by atoms with E-state index >= 15 is 0 Å². The molecule has 0 aromatic carbocycles. The molecule has 3 aliphatic heterocycles. The van der Waals surface area contributed by atoms with Crippen LogP contribution in [0, 0.1) is 0 Å². The zero-order valence-corrected chi connectivity index (χ0v) is 11.6. The molecule has 3 rings (SSSR count). The Bertz CT molecular complexity index is 382. The standard InChI is InChI=1S/C12H21NO6/c1-10(2)15-5-6(17-10)7-12(13,14)8-9(16-7)19-11(3,4)18-8/h6-9,14H,5,13H2,1-4H3/t6-,7-,8+,9?,12+/m1/s1. The lowest BCUT2D eigenvalue weighted by molar-refractivity contribution is -0.247. The zero-order chi connectivity index (χ0) is 14.1. The second-order valence-corrected chi connectivity index (χ2v) is 6.24. The quantitative estimate of drug-likeness (QED) is 0.632. The summed E-state index contributed by atoms with van der Waals surface area (Å²) in [6, 6.07) is 0. The van der Waals surface area contributed by atoms with Crippen LogP contribution in [-0.4, -0.2) is 53.6 Å². The fourth-order valence-corrected chi connectivity index (χ4v) is 2.81. The van der Waals surface area contributed by atoms with Gasteiger partial charge >= 0.3 is 0 Å². The van der Waals surface area contributed by atoms with Gasteiger partial charge in [0.05, 0.1) is 6.61 Å². The highest BCUT2D eigenvalue weighted by atomic mass is 16.8. The van der Waals surface area contributed by atoms with Crippen molar-refractivity contribution in [2.45, 2.75) is 69.6 Å². The molecule has 0 amide bonds. The Balaban J connectivity index is 1.77. The van der Waals surface area contributed by atoms with Gasteiger partial charge in [0.2, 0.25) is 0 Å². The number of aliphatic hydroxyl groups is 1. The van der Waals surface area contributed by atoms with Gasteiger partial charge in [0, 0.05) is 0 Å². The first-order valence-electron chi connectivity index (χ1n) is 6.45. The summed E-state index contributed by atoms with van der Waals surface area (Å²) < 4.78 is 28.0. The molecule has 3 saturated heterocycles. The van der Waals surface area contributed by atoms with E-state index in [1.165, 1.54) is 0 Å². The van der Waals surface area contributed by atoms with E-state index < -0.39 is 41.9 Å². The molecule has 7 nitrogen and oxygen atoms in total. The molecule has 3 N–H and O–H groups in total. The molecular formula is C12H21NO6. The summed E-state index contributed by atoms with van der Waals surface area (Å²) in [5.41, 5.74) is 4.31. The van der Waals surface area contributed by atoms with Crippen molar-refractivity contribution < 1.29 is 28.8 Å². The molecule has 5 atom stereocenters. The molecule has 0 bridgehead atoms. The average Bonchev–Trinajstić information content (AvgIpc) is 2.80. The Morgan fingerprint density at radius 3 is 2.21 bits per heavy atom. The summed E-state index contributed by atoms with van der Waals surface area (Å²) in [6.45, 7) is 7.40. The van der Waals surface area contributed by atoms with Crippen LogP contribution in [0.3, 0.4) is 0 Å². The number of rotatable bonds is 1.